The first kappa shape index (κ1) is 15.9. The zero-order chi connectivity index (χ0) is 15.6. The van der Waals surface area contributed by atoms with Crippen LogP contribution < -0.4 is 11.2 Å². The predicted molar refractivity (Wildman–Crippen MR) is 66.5 cm³/mol. The van der Waals surface area contributed by atoms with Gasteiger partial charge in [0.2, 0.25) is 0 Å². The third kappa shape index (κ3) is 3.59. The molecule has 0 radical (unpaired) electrons. The van der Waals surface area contributed by atoms with Crippen molar-refractivity contribution in [3.8, 4) is 0 Å². The quantitative estimate of drug-likeness (QED) is 0.288. The lowest BCUT2D eigenvalue weighted by atomic mass is 10.0. The van der Waals surface area contributed by atoms with Gasteiger partial charge in [-0.3, -0.25) is 14.2 Å². The number of rotatable bonds is 6. The van der Waals surface area contributed by atoms with Gasteiger partial charge in [0.25, 0.3) is 5.91 Å². The zero-order valence-corrected chi connectivity index (χ0v) is 11.8. The number of hydroxylamine groups is 3. The maximum atomic E-state index is 12.0. The molecule has 21 heavy (non-hydrogen) atoms. The second kappa shape index (κ2) is 6.11. The molecular formula is C9H16N4O7S. The highest BCUT2D eigenvalue weighted by molar-refractivity contribution is 7.80. The van der Waals surface area contributed by atoms with Gasteiger partial charge in [-0.15, -0.1) is 4.28 Å². The minimum absolute atomic E-state index is 0.128. The summed E-state index contributed by atoms with van der Waals surface area (Å²) in [7, 11) is -4.80. The van der Waals surface area contributed by atoms with Gasteiger partial charge in [-0.1, -0.05) is 0 Å². The van der Waals surface area contributed by atoms with Gasteiger partial charge in [0.1, 0.15) is 6.04 Å². The monoisotopic (exact) mass is 324 g/mol. The lowest BCUT2D eigenvalue weighted by Gasteiger charge is -2.28. The molecule has 120 valence electrons. The van der Waals surface area contributed by atoms with Crippen LogP contribution in [0.15, 0.2) is 0 Å². The number of hydrogen-bond donors (Lipinski definition) is 3. The van der Waals surface area contributed by atoms with Crippen molar-refractivity contribution in [3.63, 3.8) is 0 Å². The molecule has 0 aromatic rings. The van der Waals surface area contributed by atoms with Crippen LogP contribution in [-0.2, 0) is 24.3 Å². The Morgan fingerprint density at radius 1 is 1.48 bits per heavy atom. The summed E-state index contributed by atoms with van der Waals surface area (Å²) in [6, 6.07) is -2.12. The van der Waals surface area contributed by atoms with Crippen molar-refractivity contribution >= 4 is 22.3 Å². The van der Waals surface area contributed by atoms with Crippen LogP contribution in [0.3, 0.4) is 0 Å². The molecule has 0 aromatic heterocycles. The summed E-state index contributed by atoms with van der Waals surface area (Å²) in [6.45, 7) is 0.488. The molecule has 2 rings (SSSR count). The van der Waals surface area contributed by atoms with Crippen LogP contribution in [0.2, 0.25) is 0 Å². The van der Waals surface area contributed by atoms with Gasteiger partial charge in [0.15, 0.2) is 0 Å². The largest absolute Gasteiger partial charge is 0.418 e. The molecule has 2 bridgehead atoms. The van der Waals surface area contributed by atoms with Gasteiger partial charge in [0.05, 0.1) is 12.6 Å². The van der Waals surface area contributed by atoms with Gasteiger partial charge in [-0.05, 0) is 12.8 Å². The van der Waals surface area contributed by atoms with Gasteiger partial charge >= 0.3 is 16.4 Å². The number of fused-ring (bicyclic) bond motifs is 2. The van der Waals surface area contributed by atoms with Crippen LogP contribution >= 0.6 is 0 Å². The first-order valence-electron chi connectivity index (χ1n) is 6.22. The summed E-state index contributed by atoms with van der Waals surface area (Å²) in [4.78, 5) is 29.9. The summed E-state index contributed by atoms with van der Waals surface area (Å²) >= 11 is 0. The number of nitrogens with zero attached hydrogens (tertiary/aromatic N) is 2. The number of urea groups is 1. The average Bonchev–Trinajstić information content (AvgIpc) is 2.63. The van der Waals surface area contributed by atoms with Crippen molar-refractivity contribution in [3.05, 3.63) is 0 Å². The SMILES string of the molecule is NCCONC(=O)C1CC[C@@H]2CN1C(=O)N2OS(=O)(=O)O. The Bertz CT molecular complexity index is 524. The maximum absolute atomic E-state index is 12.0. The molecule has 0 spiro atoms. The Morgan fingerprint density at radius 3 is 2.81 bits per heavy atom. The van der Waals surface area contributed by atoms with E-state index in [4.69, 9.17) is 15.1 Å². The summed E-state index contributed by atoms with van der Waals surface area (Å²) < 4.78 is 34.3. The van der Waals surface area contributed by atoms with Crippen LogP contribution in [0, 0.1) is 0 Å². The standard InChI is InChI=1S/C9H16N4O7S/c10-3-4-19-11-8(14)7-2-1-6-5-12(7)9(15)13(6)20-21(16,17)18/h6-7H,1-5,10H2,(H,11,14)(H,16,17,18)/t6-,7?/m1/s1. The molecule has 2 fully saturated rings. The number of carbonyl (C=O) groups is 2. The Kier molecular flexibility index (Phi) is 4.63. The lowest BCUT2D eigenvalue weighted by Crippen LogP contribution is -2.49. The van der Waals surface area contributed by atoms with E-state index < -0.39 is 34.4 Å². The molecule has 11 nitrogen and oxygen atoms in total. The lowest BCUT2D eigenvalue weighted by molar-refractivity contribution is -0.138. The second-order valence-electron chi connectivity index (χ2n) is 4.61. The molecule has 2 atom stereocenters. The van der Waals surface area contributed by atoms with E-state index >= 15 is 0 Å². The van der Waals surface area contributed by atoms with Crippen LogP contribution in [-0.4, -0.2) is 66.7 Å². The normalized spacial score (nSPS) is 25.3. The Morgan fingerprint density at radius 2 is 2.19 bits per heavy atom. The smallest absolute Gasteiger partial charge is 0.328 e. The topological polar surface area (TPSA) is 151 Å². The van der Waals surface area contributed by atoms with E-state index in [1.54, 1.807) is 0 Å². The van der Waals surface area contributed by atoms with Crippen LogP contribution in [0.4, 0.5) is 4.79 Å². The highest BCUT2D eigenvalue weighted by atomic mass is 32.3. The Hall–Kier alpha value is -1.47. The highest BCUT2D eigenvalue weighted by Gasteiger charge is 2.49. The fraction of sp³-hybridized carbons (Fsp3) is 0.778. The van der Waals surface area contributed by atoms with Crippen LogP contribution in [0.25, 0.3) is 0 Å². The maximum Gasteiger partial charge on any atom is 0.418 e. The van der Waals surface area contributed by atoms with Gasteiger partial charge in [-0.2, -0.15) is 13.5 Å². The van der Waals surface area contributed by atoms with E-state index in [0.717, 1.165) is 0 Å². The van der Waals surface area contributed by atoms with Crippen LogP contribution in [0.1, 0.15) is 12.8 Å². The molecule has 12 heteroatoms. The van der Waals surface area contributed by atoms with E-state index in [2.05, 4.69) is 9.76 Å². The molecule has 0 aromatic carbocycles. The first-order valence-corrected chi connectivity index (χ1v) is 7.58. The van der Waals surface area contributed by atoms with Crippen molar-refractivity contribution in [1.82, 2.24) is 15.4 Å². The second-order valence-corrected chi connectivity index (χ2v) is 5.62. The van der Waals surface area contributed by atoms with E-state index in [0.29, 0.717) is 17.9 Å². The molecule has 2 heterocycles. The van der Waals surface area contributed by atoms with Crippen LogP contribution in [0.5, 0.6) is 0 Å². The number of nitrogens with one attached hydrogen (secondary N) is 1. The fourth-order valence-corrected chi connectivity index (χ4v) is 2.74. The van der Waals surface area contributed by atoms with E-state index in [1.165, 1.54) is 4.90 Å². The third-order valence-electron chi connectivity index (χ3n) is 3.19. The fourth-order valence-electron chi connectivity index (χ4n) is 2.35. The van der Waals surface area contributed by atoms with E-state index in [9.17, 15) is 18.0 Å². The summed E-state index contributed by atoms with van der Waals surface area (Å²) in [5, 5.41) is 0.573. The molecule has 4 N–H and O–H groups in total. The third-order valence-corrected chi connectivity index (χ3v) is 3.54. The number of amides is 3. The van der Waals surface area contributed by atoms with Gasteiger partial charge in [-0.25, -0.2) is 10.3 Å². The van der Waals surface area contributed by atoms with E-state index in [-0.39, 0.29) is 19.7 Å². The first-order chi connectivity index (χ1) is 9.83. The number of hydrogen-bond acceptors (Lipinski definition) is 7. The van der Waals surface area contributed by atoms with Crippen molar-refractivity contribution in [2.24, 2.45) is 5.73 Å². The number of carbonyl (C=O) groups excluding carboxylic acids is 2. The Balaban J connectivity index is 2.01. The van der Waals surface area contributed by atoms with Crippen molar-refractivity contribution in [1.29, 1.82) is 0 Å². The zero-order valence-electron chi connectivity index (χ0n) is 11.0. The molecule has 2 aliphatic rings. The predicted octanol–water partition coefficient (Wildman–Crippen LogP) is -2.00. The molecule has 2 saturated heterocycles. The molecular weight excluding hydrogens is 308 g/mol. The minimum atomic E-state index is -4.80. The molecule has 3 amide bonds. The van der Waals surface area contributed by atoms with Gasteiger partial charge < -0.3 is 10.6 Å². The van der Waals surface area contributed by atoms with Crippen molar-refractivity contribution in [2.75, 3.05) is 19.7 Å². The molecule has 1 unspecified atom stereocenters. The highest BCUT2D eigenvalue weighted by Crippen LogP contribution is 2.30. The number of piperidine rings is 1. The number of nitrogens with two attached hydrogens (primary N) is 1. The average molecular weight is 324 g/mol. The van der Waals surface area contributed by atoms with E-state index in [1.807, 2.05) is 0 Å². The van der Waals surface area contributed by atoms with Gasteiger partial charge in [0, 0.05) is 13.1 Å². The van der Waals surface area contributed by atoms with Crippen molar-refractivity contribution in [2.45, 2.75) is 24.9 Å². The molecule has 0 saturated carbocycles. The van der Waals surface area contributed by atoms with Crippen molar-refractivity contribution < 1.29 is 31.7 Å². The summed E-state index contributed by atoms with van der Waals surface area (Å²) in [5.41, 5.74) is 7.39. The molecule has 2 aliphatic heterocycles. The summed E-state index contributed by atoms with van der Waals surface area (Å²) in [5.74, 6) is -0.524. The minimum Gasteiger partial charge on any atom is -0.328 e. The summed E-state index contributed by atoms with van der Waals surface area (Å²) in [6.07, 6.45) is 0.673. The Labute approximate surface area is 120 Å². The molecule has 0 aliphatic carbocycles.